The number of rotatable bonds is 2. The van der Waals surface area contributed by atoms with Gasteiger partial charge in [-0.15, -0.1) is 0 Å². The topological polar surface area (TPSA) is 17.8 Å². The zero-order valence-electron chi connectivity index (χ0n) is 15.5. The van der Waals surface area contributed by atoms with Crippen LogP contribution in [0, 0.1) is 13.8 Å². The van der Waals surface area contributed by atoms with Crippen molar-refractivity contribution in [1.82, 2.24) is 9.55 Å². The minimum Gasteiger partial charge on any atom is -0.309 e. The number of aryl methyl sites for hydroxylation is 2. The van der Waals surface area contributed by atoms with E-state index in [4.69, 9.17) is 0 Å². The molecular weight excluding hydrogens is 328 g/mol. The minimum atomic E-state index is 0.988. The number of nitrogens with zero attached hydrogens (tertiary/aromatic N) is 2. The van der Waals surface area contributed by atoms with Gasteiger partial charge in [-0.2, -0.15) is 0 Å². The van der Waals surface area contributed by atoms with Crippen LogP contribution in [0.5, 0.6) is 0 Å². The predicted molar refractivity (Wildman–Crippen MR) is 113 cm³/mol. The third-order valence-corrected chi connectivity index (χ3v) is 5.15. The SMILES string of the molecule is Cc1ccc2c(c1)c1cc(C)ccc1n2-c1ccnc(-c2ccccc2)c1. The number of pyridine rings is 1. The third kappa shape index (κ3) is 2.61. The predicted octanol–water partition coefficient (Wildman–Crippen LogP) is 6.46. The van der Waals surface area contributed by atoms with Crippen molar-refractivity contribution in [2.45, 2.75) is 13.8 Å². The van der Waals surface area contributed by atoms with Gasteiger partial charge in [0.15, 0.2) is 0 Å². The number of hydrogen-bond donors (Lipinski definition) is 0. The highest BCUT2D eigenvalue weighted by molar-refractivity contribution is 6.09. The van der Waals surface area contributed by atoms with Gasteiger partial charge in [0.1, 0.15) is 0 Å². The van der Waals surface area contributed by atoms with E-state index in [1.807, 2.05) is 12.3 Å². The van der Waals surface area contributed by atoms with Crippen molar-refractivity contribution in [3.63, 3.8) is 0 Å². The molecule has 0 spiro atoms. The maximum atomic E-state index is 4.59. The van der Waals surface area contributed by atoms with Gasteiger partial charge in [0.25, 0.3) is 0 Å². The molecule has 0 saturated carbocycles. The molecule has 5 rings (SSSR count). The lowest BCUT2D eigenvalue weighted by Crippen LogP contribution is -1.95. The number of fused-ring (bicyclic) bond motifs is 3. The van der Waals surface area contributed by atoms with E-state index in [9.17, 15) is 0 Å². The molecule has 27 heavy (non-hydrogen) atoms. The Morgan fingerprint density at radius 1 is 0.667 bits per heavy atom. The van der Waals surface area contributed by atoms with Crippen molar-refractivity contribution in [3.05, 3.63) is 96.2 Å². The summed E-state index contributed by atoms with van der Waals surface area (Å²) in [7, 11) is 0. The first kappa shape index (κ1) is 15.8. The quantitative estimate of drug-likeness (QED) is 0.358. The fraction of sp³-hybridized carbons (Fsp3) is 0.0800. The second-order valence-corrected chi connectivity index (χ2v) is 7.14. The molecule has 3 aromatic carbocycles. The van der Waals surface area contributed by atoms with Crippen molar-refractivity contribution in [3.8, 4) is 16.9 Å². The Balaban J connectivity index is 1.83. The van der Waals surface area contributed by atoms with Crippen LogP contribution in [0.1, 0.15) is 11.1 Å². The molecule has 0 radical (unpaired) electrons. The second kappa shape index (κ2) is 6.10. The molecule has 0 aliphatic carbocycles. The van der Waals surface area contributed by atoms with Crippen molar-refractivity contribution < 1.29 is 0 Å². The van der Waals surface area contributed by atoms with Crippen molar-refractivity contribution >= 4 is 21.8 Å². The van der Waals surface area contributed by atoms with Gasteiger partial charge in [0, 0.05) is 28.2 Å². The van der Waals surface area contributed by atoms with E-state index in [0.29, 0.717) is 0 Å². The maximum Gasteiger partial charge on any atom is 0.0722 e. The first-order chi connectivity index (χ1) is 13.2. The molecule has 0 aliphatic rings. The van der Waals surface area contributed by atoms with Gasteiger partial charge >= 0.3 is 0 Å². The van der Waals surface area contributed by atoms with E-state index >= 15 is 0 Å². The van der Waals surface area contributed by atoms with E-state index in [1.165, 1.54) is 32.9 Å². The molecular formula is C25H20N2. The molecule has 0 bridgehead atoms. The largest absolute Gasteiger partial charge is 0.309 e. The molecule has 2 heterocycles. The van der Waals surface area contributed by atoms with Gasteiger partial charge in [-0.1, -0.05) is 53.6 Å². The highest BCUT2D eigenvalue weighted by Gasteiger charge is 2.13. The molecule has 0 amide bonds. The zero-order chi connectivity index (χ0) is 18.4. The molecule has 0 fully saturated rings. The Hall–Kier alpha value is -3.39. The van der Waals surface area contributed by atoms with Crippen LogP contribution in [0.4, 0.5) is 0 Å². The summed E-state index contributed by atoms with van der Waals surface area (Å²) in [5.41, 5.74) is 8.27. The summed E-state index contributed by atoms with van der Waals surface area (Å²) in [6, 6.07) is 28.0. The van der Waals surface area contributed by atoms with Crippen LogP contribution in [0.3, 0.4) is 0 Å². The summed E-state index contributed by atoms with van der Waals surface area (Å²) in [6.45, 7) is 4.30. The Kier molecular flexibility index (Phi) is 3.58. The van der Waals surface area contributed by atoms with Gasteiger partial charge in [0.05, 0.1) is 16.7 Å². The second-order valence-electron chi connectivity index (χ2n) is 7.14. The normalized spacial score (nSPS) is 11.3. The minimum absolute atomic E-state index is 0.988. The van der Waals surface area contributed by atoms with Crippen LogP contribution >= 0.6 is 0 Å². The summed E-state index contributed by atoms with van der Waals surface area (Å²) < 4.78 is 2.34. The summed E-state index contributed by atoms with van der Waals surface area (Å²) in [5.74, 6) is 0. The van der Waals surface area contributed by atoms with Crippen molar-refractivity contribution in [2.24, 2.45) is 0 Å². The molecule has 0 unspecified atom stereocenters. The van der Waals surface area contributed by atoms with Gasteiger partial charge < -0.3 is 4.57 Å². The fourth-order valence-electron chi connectivity index (χ4n) is 3.85. The van der Waals surface area contributed by atoms with Crippen molar-refractivity contribution in [2.75, 3.05) is 0 Å². The molecule has 5 aromatic rings. The fourth-order valence-corrected chi connectivity index (χ4v) is 3.85. The molecule has 0 atom stereocenters. The highest BCUT2D eigenvalue weighted by Crippen LogP contribution is 2.33. The molecule has 130 valence electrons. The molecule has 2 heteroatoms. The first-order valence-corrected chi connectivity index (χ1v) is 9.24. The van der Waals surface area contributed by atoms with E-state index < -0.39 is 0 Å². The van der Waals surface area contributed by atoms with Gasteiger partial charge in [0.2, 0.25) is 0 Å². The molecule has 0 aliphatic heterocycles. The van der Waals surface area contributed by atoms with Crippen LogP contribution in [0.15, 0.2) is 85.1 Å². The van der Waals surface area contributed by atoms with Gasteiger partial charge in [-0.05, 0) is 50.2 Å². The maximum absolute atomic E-state index is 4.59. The summed E-state index contributed by atoms with van der Waals surface area (Å²) >= 11 is 0. The number of aromatic nitrogens is 2. The number of hydrogen-bond acceptors (Lipinski definition) is 1. The smallest absolute Gasteiger partial charge is 0.0722 e. The lowest BCUT2D eigenvalue weighted by Gasteiger charge is -2.10. The van der Waals surface area contributed by atoms with Crippen molar-refractivity contribution in [1.29, 1.82) is 0 Å². The van der Waals surface area contributed by atoms with E-state index in [-0.39, 0.29) is 0 Å². The Labute approximate surface area is 158 Å². The lowest BCUT2D eigenvalue weighted by molar-refractivity contribution is 1.16. The monoisotopic (exact) mass is 348 g/mol. The van der Waals surface area contributed by atoms with Crippen LogP contribution < -0.4 is 0 Å². The lowest BCUT2D eigenvalue weighted by atomic mass is 10.1. The van der Waals surface area contributed by atoms with E-state index in [2.05, 4.69) is 96.2 Å². The number of benzene rings is 3. The molecule has 0 saturated heterocycles. The van der Waals surface area contributed by atoms with Crippen LogP contribution in [-0.4, -0.2) is 9.55 Å². The third-order valence-electron chi connectivity index (χ3n) is 5.15. The molecule has 2 aromatic heterocycles. The first-order valence-electron chi connectivity index (χ1n) is 9.24. The Morgan fingerprint density at radius 3 is 1.93 bits per heavy atom. The summed E-state index contributed by atoms with van der Waals surface area (Å²) in [6.07, 6.45) is 1.90. The van der Waals surface area contributed by atoms with E-state index in [1.54, 1.807) is 0 Å². The Morgan fingerprint density at radius 2 is 1.30 bits per heavy atom. The standard InChI is InChI=1S/C25H20N2/c1-17-8-10-24-21(14-17)22-15-18(2)9-11-25(22)27(24)20-12-13-26-23(16-20)19-6-4-3-5-7-19/h3-16H,1-2H3. The van der Waals surface area contributed by atoms with E-state index in [0.717, 1.165) is 16.9 Å². The van der Waals surface area contributed by atoms with Crippen LogP contribution in [0.25, 0.3) is 38.8 Å². The summed E-state index contributed by atoms with van der Waals surface area (Å²) in [4.78, 5) is 4.59. The van der Waals surface area contributed by atoms with Gasteiger partial charge in [-0.25, -0.2) is 0 Å². The van der Waals surface area contributed by atoms with Crippen LogP contribution in [0.2, 0.25) is 0 Å². The molecule has 0 N–H and O–H groups in total. The highest BCUT2D eigenvalue weighted by atomic mass is 15.0. The zero-order valence-corrected chi connectivity index (χ0v) is 15.5. The van der Waals surface area contributed by atoms with Crippen LogP contribution in [-0.2, 0) is 0 Å². The molecule has 2 nitrogen and oxygen atoms in total. The Bertz CT molecular complexity index is 1220. The summed E-state index contributed by atoms with van der Waals surface area (Å²) in [5, 5.41) is 2.60. The average Bonchev–Trinajstić information content (AvgIpc) is 3.02. The average molecular weight is 348 g/mol. The van der Waals surface area contributed by atoms with Gasteiger partial charge in [-0.3, -0.25) is 4.98 Å².